The van der Waals surface area contributed by atoms with Gasteiger partial charge in [-0.2, -0.15) is 0 Å². The van der Waals surface area contributed by atoms with Gasteiger partial charge in [0.05, 0.1) is 0 Å². The molecule has 0 aliphatic carbocycles. The Labute approximate surface area is 57.1 Å². The molecule has 0 unspecified atom stereocenters. The summed E-state index contributed by atoms with van der Waals surface area (Å²) in [7, 11) is 0.891. The zero-order valence-electron chi connectivity index (χ0n) is 5.14. The van der Waals surface area contributed by atoms with Crippen molar-refractivity contribution < 1.29 is 4.79 Å². The van der Waals surface area contributed by atoms with Crippen LogP contribution in [0.25, 0.3) is 0 Å². The highest BCUT2D eigenvalue weighted by Gasteiger charge is 1.91. The Morgan fingerprint density at radius 3 is 2.89 bits per heavy atom. The molecule has 0 aromatic heterocycles. The van der Waals surface area contributed by atoms with Crippen molar-refractivity contribution in [2.24, 2.45) is 0 Å². The molecule has 0 saturated heterocycles. The Kier molecular flexibility index (Phi) is 1.80. The fourth-order valence-corrected chi connectivity index (χ4v) is 1.06. The molecule has 44 valence electrons. The number of hydrogen-bond acceptors (Lipinski definition) is 1. The quantitative estimate of drug-likeness (QED) is 0.447. The summed E-state index contributed by atoms with van der Waals surface area (Å²) in [6.07, 6.45) is 1.86. The van der Waals surface area contributed by atoms with Crippen LogP contribution in [0.1, 0.15) is 5.56 Å². The maximum absolute atomic E-state index is 10.1. The molecular formula is C7H6OSi. The molecule has 0 N–H and O–H groups in total. The third-order valence-corrected chi connectivity index (χ3v) is 2.01. The van der Waals surface area contributed by atoms with Gasteiger partial charge in [-0.05, 0) is 6.07 Å². The monoisotopic (exact) mass is 134 g/mol. The highest BCUT2D eigenvalue weighted by Crippen LogP contribution is 1.86. The summed E-state index contributed by atoms with van der Waals surface area (Å²) in [6, 6.07) is 8.17. The Balaban J connectivity index is 3.15. The molecule has 0 aliphatic rings. The third-order valence-electron chi connectivity index (χ3n) is 1.18. The molecular weight excluding hydrogens is 128 g/mol. The molecule has 0 heterocycles. The predicted molar refractivity (Wildman–Crippen MR) is 39.6 cm³/mol. The van der Waals surface area contributed by atoms with Crippen molar-refractivity contribution in [3.63, 3.8) is 0 Å². The molecule has 0 saturated carbocycles. The second-order valence-electron chi connectivity index (χ2n) is 1.84. The van der Waals surface area contributed by atoms with E-state index in [2.05, 4.69) is 6.07 Å². The number of rotatable bonds is 1. The van der Waals surface area contributed by atoms with E-state index in [1.54, 1.807) is 12.1 Å². The van der Waals surface area contributed by atoms with E-state index in [1.807, 2.05) is 12.4 Å². The molecule has 0 bridgehead atoms. The largest absolute Gasteiger partial charge is 0.285 e. The fraction of sp³-hybridized carbons (Fsp3) is 0. The van der Waals surface area contributed by atoms with E-state index < -0.39 is 0 Å². The van der Waals surface area contributed by atoms with Gasteiger partial charge in [0.25, 0.3) is 0 Å². The van der Waals surface area contributed by atoms with Crippen LogP contribution in [-0.2, 0) is 4.79 Å². The maximum Gasteiger partial charge on any atom is 0.233 e. The van der Waals surface area contributed by atoms with Crippen LogP contribution >= 0.6 is 0 Å². The number of benzene rings is 1. The lowest BCUT2D eigenvalue weighted by molar-refractivity contribution is 0.563. The van der Waals surface area contributed by atoms with Crippen molar-refractivity contribution in [3.8, 4) is 0 Å². The molecule has 2 heteroatoms. The van der Waals surface area contributed by atoms with Gasteiger partial charge in [-0.15, -0.1) is 0 Å². The van der Waals surface area contributed by atoms with Crippen molar-refractivity contribution >= 4 is 21.7 Å². The number of hydrogen-bond donors (Lipinski definition) is 0. The summed E-state index contributed by atoms with van der Waals surface area (Å²) in [4.78, 5) is 10.1. The topological polar surface area (TPSA) is 17.1 Å². The van der Waals surface area contributed by atoms with E-state index in [4.69, 9.17) is 0 Å². The van der Waals surface area contributed by atoms with E-state index in [-0.39, 0.29) is 0 Å². The van der Waals surface area contributed by atoms with E-state index >= 15 is 0 Å². The highest BCUT2D eigenvalue weighted by molar-refractivity contribution is 6.35. The summed E-state index contributed by atoms with van der Waals surface area (Å²) in [6.45, 7) is 0. The lowest BCUT2D eigenvalue weighted by Crippen LogP contribution is -2.08. The Bertz CT molecular complexity index is 220. The average Bonchev–Trinajstić information content (AvgIpc) is 1.89. The van der Waals surface area contributed by atoms with Gasteiger partial charge in [-0.3, -0.25) is 4.79 Å². The first-order chi connectivity index (χ1) is 4.34. The molecule has 9 heavy (non-hydrogen) atoms. The summed E-state index contributed by atoms with van der Waals surface area (Å²) < 4.78 is 0. The van der Waals surface area contributed by atoms with Gasteiger partial charge in [0, 0.05) is 15.8 Å². The third kappa shape index (κ3) is 1.26. The first-order valence-corrected chi connectivity index (χ1v) is 3.69. The van der Waals surface area contributed by atoms with Crippen molar-refractivity contribution in [1.82, 2.24) is 0 Å². The van der Waals surface area contributed by atoms with Crippen LogP contribution in [0.15, 0.2) is 18.2 Å². The Morgan fingerprint density at radius 2 is 2.44 bits per heavy atom. The first kappa shape index (κ1) is 6.23. The zero-order chi connectivity index (χ0) is 6.69. The maximum atomic E-state index is 10.1. The molecule has 0 atom stereocenters. The van der Waals surface area contributed by atoms with Gasteiger partial charge >= 0.3 is 0 Å². The molecule has 1 aromatic rings. The van der Waals surface area contributed by atoms with Crippen molar-refractivity contribution in [3.05, 3.63) is 29.8 Å². The van der Waals surface area contributed by atoms with E-state index in [0.717, 1.165) is 15.4 Å². The van der Waals surface area contributed by atoms with Crippen LogP contribution in [0.5, 0.6) is 0 Å². The summed E-state index contributed by atoms with van der Waals surface area (Å²) in [5.41, 5.74) is 0.681. The molecule has 2 radical (unpaired) electrons. The van der Waals surface area contributed by atoms with Crippen LogP contribution in [0.3, 0.4) is 0 Å². The molecule has 0 aliphatic heterocycles. The lowest BCUT2D eigenvalue weighted by atomic mass is 10.2. The van der Waals surface area contributed by atoms with E-state index in [1.165, 1.54) is 0 Å². The minimum absolute atomic E-state index is 0.681. The van der Waals surface area contributed by atoms with Crippen LogP contribution in [0.4, 0.5) is 0 Å². The summed E-state index contributed by atoms with van der Waals surface area (Å²) in [5.74, 6) is 0. The minimum Gasteiger partial charge on any atom is -0.285 e. The smallest absolute Gasteiger partial charge is 0.233 e. The van der Waals surface area contributed by atoms with Gasteiger partial charge in [-0.25, -0.2) is 0 Å². The van der Waals surface area contributed by atoms with Gasteiger partial charge in [-0.1, -0.05) is 23.4 Å². The molecule has 1 rings (SSSR count). The van der Waals surface area contributed by atoms with Crippen molar-refractivity contribution in [2.45, 2.75) is 0 Å². The summed E-state index contributed by atoms with van der Waals surface area (Å²) in [5, 5.41) is 1.06. The lowest BCUT2D eigenvalue weighted by Gasteiger charge is -1.91. The predicted octanol–water partition coefficient (Wildman–Crippen LogP) is -1.06. The number of carbonyl (C=O) groups excluding carboxylic acids is 1. The fourth-order valence-electron chi connectivity index (χ4n) is 0.628. The SMILES string of the molecule is O=[C]c1cc[c]cc1[SiH3]. The second kappa shape index (κ2) is 2.59. The van der Waals surface area contributed by atoms with Gasteiger partial charge < -0.3 is 0 Å². The van der Waals surface area contributed by atoms with Crippen LogP contribution in [0, 0.1) is 6.07 Å². The molecule has 0 fully saturated rings. The molecule has 0 amide bonds. The minimum atomic E-state index is 0.681. The average molecular weight is 134 g/mol. The van der Waals surface area contributed by atoms with Crippen LogP contribution < -0.4 is 5.19 Å². The van der Waals surface area contributed by atoms with Crippen molar-refractivity contribution in [2.75, 3.05) is 0 Å². The highest BCUT2D eigenvalue weighted by atomic mass is 28.1. The second-order valence-corrected chi connectivity index (χ2v) is 2.92. The van der Waals surface area contributed by atoms with E-state index in [9.17, 15) is 4.79 Å². The Hall–Kier alpha value is -0.893. The Morgan fingerprint density at radius 1 is 1.67 bits per heavy atom. The molecule has 1 nitrogen and oxygen atoms in total. The van der Waals surface area contributed by atoms with Crippen molar-refractivity contribution in [1.29, 1.82) is 0 Å². The van der Waals surface area contributed by atoms with Gasteiger partial charge in [0.2, 0.25) is 6.29 Å². The molecule has 1 aromatic carbocycles. The summed E-state index contributed by atoms with van der Waals surface area (Å²) >= 11 is 0. The van der Waals surface area contributed by atoms with Crippen LogP contribution in [0.2, 0.25) is 0 Å². The normalized spacial score (nSPS) is 9.33. The van der Waals surface area contributed by atoms with Gasteiger partial charge in [0.15, 0.2) is 0 Å². The van der Waals surface area contributed by atoms with Gasteiger partial charge in [0.1, 0.15) is 0 Å². The van der Waals surface area contributed by atoms with Crippen LogP contribution in [-0.4, -0.2) is 16.5 Å². The first-order valence-electron chi connectivity index (χ1n) is 2.69. The van der Waals surface area contributed by atoms with E-state index in [0.29, 0.717) is 5.56 Å². The zero-order valence-corrected chi connectivity index (χ0v) is 7.14. The standard InChI is InChI=1S/C7H6OSi/c8-5-6-3-1-2-4-7(6)9/h1,3-4H,9H3. The molecule has 0 spiro atoms.